The number of hydrogen-bond donors (Lipinski definition) is 3. The number of halogens is 3. The van der Waals surface area contributed by atoms with Crippen LogP contribution in [0.3, 0.4) is 0 Å². The summed E-state index contributed by atoms with van der Waals surface area (Å²) in [7, 11) is 1.16. The Morgan fingerprint density at radius 3 is 2.30 bits per heavy atom. The van der Waals surface area contributed by atoms with Crippen LogP contribution in [0.1, 0.15) is 36.2 Å². The third-order valence-corrected chi connectivity index (χ3v) is 3.49. The van der Waals surface area contributed by atoms with E-state index in [0.717, 1.165) is 13.2 Å². The Balaban J connectivity index is 3.35. The molecular formula is C14H17F3N2O4. The van der Waals surface area contributed by atoms with Crippen molar-refractivity contribution in [2.24, 2.45) is 0 Å². The molecule has 1 aromatic carbocycles. The van der Waals surface area contributed by atoms with Crippen molar-refractivity contribution < 1.29 is 32.6 Å². The molecule has 0 saturated heterocycles. The zero-order valence-electron chi connectivity index (χ0n) is 12.7. The molecule has 0 aliphatic heterocycles. The van der Waals surface area contributed by atoms with E-state index in [-0.39, 0.29) is 12.2 Å². The summed E-state index contributed by atoms with van der Waals surface area (Å²) in [4.78, 5) is 23.4. The zero-order chi connectivity index (χ0) is 18.0. The SMILES string of the molecule is CCC(C)(NC(=O)c1cc(C(F)(F)F)c(N)cc1OC)C(=O)O. The first-order valence-corrected chi connectivity index (χ1v) is 6.57. The molecular weight excluding hydrogens is 317 g/mol. The first-order chi connectivity index (χ1) is 10.5. The maximum absolute atomic E-state index is 12.9. The Kier molecular flexibility index (Phi) is 5.13. The van der Waals surface area contributed by atoms with Gasteiger partial charge in [0, 0.05) is 11.8 Å². The van der Waals surface area contributed by atoms with Crippen molar-refractivity contribution in [3.63, 3.8) is 0 Å². The summed E-state index contributed by atoms with van der Waals surface area (Å²) in [5.74, 6) is -2.49. The maximum Gasteiger partial charge on any atom is 0.418 e. The quantitative estimate of drug-likeness (QED) is 0.717. The summed E-state index contributed by atoms with van der Waals surface area (Å²) >= 11 is 0. The third kappa shape index (κ3) is 3.85. The van der Waals surface area contributed by atoms with Gasteiger partial charge >= 0.3 is 12.1 Å². The zero-order valence-corrected chi connectivity index (χ0v) is 12.7. The van der Waals surface area contributed by atoms with Crippen molar-refractivity contribution in [1.29, 1.82) is 0 Å². The number of rotatable bonds is 5. The van der Waals surface area contributed by atoms with E-state index >= 15 is 0 Å². The van der Waals surface area contributed by atoms with Gasteiger partial charge in [-0.15, -0.1) is 0 Å². The Morgan fingerprint density at radius 1 is 1.35 bits per heavy atom. The van der Waals surface area contributed by atoms with Crippen LogP contribution in [0, 0.1) is 0 Å². The number of alkyl halides is 3. The summed E-state index contributed by atoms with van der Waals surface area (Å²) in [6.07, 6.45) is -4.72. The fraction of sp³-hybridized carbons (Fsp3) is 0.429. The Morgan fingerprint density at radius 2 is 1.91 bits per heavy atom. The third-order valence-electron chi connectivity index (χ3n) is 3.49. The second-order valence-corrected chi connectivity index (χ2v) is 5.08. The molecule has 0 radical (unpaired) electrons. The van der Waals surface area contributed by atoms with Crippen molar-refractivity contribution in [1.82, 2.24) is 5.32 Å². The van der Waals surface area contributed by atoms with Gasteiger partial charge in [-0.2, -0.15) is 13.2 Å². The van der Waals surface area contributed by atoms with Crippen LogP contribution in [-0.2, 0) is 11.0 Å². The highest BCUT2D eigenvalue weighted by molar-refractivity contribution is 6.00. The monoisotopic (exact) mass is 334 g/mol. The highest BCUT2D eigenvalue weighted by Gasteiger charge is 2.37. The molecule has 1 rings (SSSR count). The van der Waals surface area contributed by atoms with Crippen molar-refractivity contribution in [2.75, 3.05) is 12.8 Å². The molecule has 128 valence electrons. The van der Waals surface area contributed by atoms with Gasteiger partial charge in [0.15, 0.2) is 0 Å². The van der Waals surface area contributed by atoms with Gasteiger partial charge < -0.3 is 20.9 Å². The first-order valence-electron chi connectivity index (χ1n) is 6.57. The van der Waals surface area contributed by atoms with Crippen LogP contribution in [0.4, 0.5) is 18.9 Å². The van der Waals surface area contributed by atoms with Gasteiger partial charge in [-0.05, 0) is 19.4 Å². The van der Waals surface area contributed by atoms with E-state index in [4.69, 9.17) is 15.6 Å². The van der Waals surface area contributed by atoms with Crippen molar-refractivity contribution in [3.8, 4) is 5.75 Å². The number of carbonyl (C=O) groups excluding carboxylic acids is 1. The molecule has 1 atom stereocenters. The summed E-state index contributed by atoms with van der Waals surface area (Å²) in [6.45, 7) is 2.78. The lowest BCUT2D eigenvalue weighted by atomic mass is 9.98. The molecule has 1 aromatic rings. The smallest absolute Gasteiger partial charge is 0.418 e. The van der Waals surface area contributed by atoms with E-state index in [1.54, 1.807) is 0 Å². The minimum absolute atomic E-state index is 0.0392. The van der Waals surface area contributed by atoms with Gasteiger partial charge in [0.2, 0.25) is 0 Å². The van der Waals surface area contributed by atoms with Gasteiger partial charge in [-0.1, -0.05) is 6.92 Å². The molecule has 1 unspecified atom stereocenters. The van der Waals surface area contributed by atoms with Crippen molar-refractivity contribution in [2.45, 2.75) is 32.0 Å². The number of ether oxygens (including phenoxy) is 1. The number of aliphatic carboxylic acids is 1. The number of benzene rings is 1. The fourth-order valence-electron chi connectivity index (χ4n) is 1.80. The van der Waals surface area contributed by atoms with Gasteiger partial charge in [-0.3, -0.25) is 4.79 Å². The number of carboxylic acid groups (broad SMARTS) is 1. The minimum Gasteiger partial charge on any atom is -0.496 e. The average Bonchev–Trinajstić information content (AvgIpc) is 2.44. The molecule has 0 saturated carbocycles. The number of hydrogen-bond acceptors (Lipinski definition) is 4. The lowest BCUT2D eigenvalue weighted by Gasteiger charge is -2.25. The number of nitrogens with two attached hydrogens (primary N) is 1. The van der Waals surface area contributed by atoms with E-state index in [1.165, 1.54) is 13.8 Å². The van der Waals surface area contributed by atoms with Gasteiger partial charge in [0.25, 0.3) is 5.91 Å². The Labute approximate surface area is 130 Å². The van der Waals surface area contributed by atoms with Crippen LogP contribution >= 0.6 is 0 Å². The molecule has 0 spiro atoms. The second-order valence-electron chi connectivity index (χ2n) is 5.08. The van der Waals surface area contributed by atoms with Crippen LogP contribution in [0.15, 0.2) is 12.1 Å². The molecule has 0 bridgehead atoms. The standard InChI is InChI=1S/C14H17F3N2O4/c1-4-13(2,12(21)22)19-11(20)7-5-8(14(15,16)17)9(18)6-10(7)23-3/h5-6H,4,18H2,1-3H3,(H,19,20)(H,21,22). The molecule has 0 aromatic heterocycles. The number of carbonyl (C=O) groups is 2. The average molecular weight is 334 g/mol. The predicted molar refractivity (Wildman–Crippen MR) is 76.2 cm³/mol. The van der Waals surface area contributed by atoms with Crippen LogP contribution in [0.5, 0.6) is 5.75 Å². The van der Waals surface area contributed by atoms with Gasteiger partial charge in [0.05, 0.1) is 18.2 Å². The molecule has 1 amide bonds. The fourth-order valence-corrected chi connectivity index (χ4v) is 1.80. The first kappa shape index (κ1) is 18.6. The van der Waals surface area contributed by atoms with E-state index in [0.29, 0.717) is 6.07 Å². The largest absolute Gasteiger partial charge is 0.496 e. The van der Waals surface area contributed by atoms with Crippen LogP contribution in [0.25, 0.3) is 0 Å². The molecule has 0 aliphatic carbocycles. The number of carboxylic acids is 1. The lowest BCUT2D eigenvalue weighted by molar-refractivity contribution is -0.144. The normalized spacial score (nSPS) is 14.0. The van der Waals surface area contributed by atoms with Crippen LogP contribution in [0.2, 0.25) is 0 Å². The number of nitrogen functional groups attached to an aromatic ring is 1. The highest BCUT2D eigenvalue weighted by Crippen LogP contribution is 2.37. The molecule has 4 N–H and O–H groups in total. The Hall–Kier alpha value is -2.45. The minimum atomic E-state index is -4.76. The highest BCUT2D eigenvalue weighted by atomic mass is 19.4. The number of anilines is 1. The lowest BCUT2D eigenvalue weighted by Crippen LogP contribution is -2.51. The predicted octanol–water partition coefficient (Wildman–Crippen LogP) is 2.28. The van der Waals surface area contributed by atoms with Gasteiger partial charge in [0.1, 0.15) is 11.3 Å². The Bertz CT molecular complexity index is 631. The summed E-state index contributed by atoms with van der Waals surface area (Å²) in [5.41, 5.74) is 1.46. The summed E-state index contributed by atoms with van der Waals surface area (Å²) in [5, 5.41) is 11.3. The van der Waals surface area contributed by atoms with Crippen molar-refractivity contribution in [3.05, 3.63) is 23.3 Å². The van der Waals surface area contributed by atoms with E-state index in [9.17, 15) is 22.8 Å². The molecule has 6 nitrogen and oxygen atoms in total. The molecule has 9 heteroatoms. The molecule has 23 heavy (non-hydrogen) atoms. The summed E-state index contributed by atoms with van der Waals surface area (Å²) in [6, 6.07) is 1.42. The second kappa shape index (κ2) is 6.35. The van der Waals surface area contributed by atoms with E-state index in [1.807, 2.05) is 0 Å². The van der Waals surface area contributed by atoms with Crippen molar-refractivity contribution >= 4 is 17.6 Å². The molecule has 0 aliphatic rings. The summed E-state index contributed by atoms with van der Waals surface area (Å²) < 4.78 is 43.6. The van der Waals surface area contributed by atoms with Crippen LogP contribution in [-0.4, -0.2) is 29.6 Å². The van der Waals surface area contributed by atoms with E-state index in [2.05, 4.69) is 5.32 Å². The number of methoxy groups -OCH3 is 1. The number of amides is 1. The van der Waals surface area contributed by atoms with Gasteiger partial charge in [-0.25, -0.2) is 4.79 Å². The maximum atomic E-state index is 12.9. The molecule has 0 fully saturated rings. The number of nitrogens with one attached hydrogen (secondary N) is 1. The van der Waals surface area contributed by atoms with Crippen LogP contribution < -0.4 is 15.8 Å². The topological polar surface area (TPSA) is 102 Å². The molecule has 0 heterocycles. The van der Waals surface area contributed by atoms with E-state index < -0.39 is 40.4 Å².